The number of para-hydroxylation sites is 3. The van der Waals surface area contributed by atoms with Crippen LogP contribution in [0, 0.1) is 0 Å². The van der Waals surface area contributed by atoms with Crippen molar-refractivity contribution in [3.8, 4) is 17.2 Å². The van der Waals surface area contributed by atoms with Gasteiger partial charge in [-0.05, 0) is 76.5 Å². The van der Waals surface area contributed by atoms with Crippen molar-refractivity contribution in [3.63, 3.8) is 0 Å². The average molecular weight is 549 g/mol. The minimum Gasteiger partial charge on any atom is -0.492 e. The van der Waals surface area contributed by atoms with Gasteiger partial charge >= 0.3 is 0 Å². The highest BCUT2D eigenvalue weighted by molar-refractivity contribution is 6.30. The Morgan fingerprint density at radius 2 is 1.67 bits per heavy atom. The van der Waals surface area contributed by atoms with Gasteiger partial charge in [-0.2, -0.15) is 0 Å². The van der Waals surface area contributed by atoms with E-state index in [1.807, 2.05) is 69.2 Å². The van der Waals surface area contributed by atoms with Gasteiger partial charge in [-0.1, -0.05) is 35.9 Å². The average Bonchev–Trinajstić information content (AvgIpc) is 2.93. The van der Waals surface area contributed by atoms with Gasteiger partial charge < -0.3 is 19.3 Å². The molecule has 0 aliphatic heterocycles. The molecule has 0 radical (unpaired) electrons. The molecule has 4 rings (SSSR count). The van der Waals surface area contributed by atoms with Crippen LogP contribution >= 0.6 is 11.6 Å². The fourth-order valence-electron chi connectivity index (χ4n) is 4.32. The third-order valence-electron chi connectivity index (χ3n) is 6.33. The second kappa shape index (κ2) is 12.8. The molecule has 0 saturated heterocycles. The number of nitrogens with zero attached hydrogens (tertiary/aromatic N) is 4. The van der Waals surface area contributed by atoms with E-state index in [2.05, 4.69) is 0 Å². The molecule has 0 fully saturated rings. The Hall–Kier alpha value is -3.88. The number of rotatable bonds is 11. The van der Waals surface area contributed by atoms with Crippen LogP contribution < -0.4 is 15.0 Å². The van der Waals surface area contributed by atoms with Gasteiger partial charge in [0.15, 0.2) is 6.61 Å². The fourth-order valence-corrected chi connectivity index (χ4v) is 4.45. The Morgan fingerprint density at radius 3 is 2.38 bits per heavy atom. The Bertz CT molecular complexity index is 1490. The number of carbonyl (C=O) groups is 1. The second-order valence-corrected chi connectivity index (χ2v) is 9.77. The van der Waals surface area contributed by atoms with Crippen molar-refractivity contribution < 1.29 is 14.3 Å². The van der Waals surface area contributed by atoms with Crippen molar-refractivity contribution in [1.29, 1.82) is 0 Å². The molecule has 3 aromatic carbocycles. The van der Waals surface area contributed by atoms with Crippen LogP contribution in [0.25, 0.3) is 16.6 Å². The van der Waals surface area contributed by atoms with E-state index >= 15 is 0 Å². The number of aromatic nitrogens is 2. The molecular formula is C30H33ClN4O4. The van der Waals surface area contributed by atoms with Crippen molar-refractivity contribution in [2.75, 3.05) is 40.4 Å². The highest BCUT2D eigenvalue weighted by Crippen LogP contribution is 2.28. The predicted molar refractivity (Wildman–Crippen MR) is 154 cm³/mol. The van der Waals surface area contributed by atoms with E-state index in [0.29, 0.717) is 58.6 Å². The Morgan fingerprint density at radius 1 is 0.974 bits per heavy atom. The van der Waals surface area contributed by atoms with E-state index in [1.165, 1.54) is 0 Å². The lowest BCUT2D eigenvalue weighted by molar-refractivity contribution is -0.136. The molecule has 1 unspecified atom stereocenters. The summed E-state index contributed by atoms with van der Waals surface area (Å²) in [6, 6.07) is 20.9. The van der Waals surface area contributed by atoms with Crippen LogP contribution in [0.15, 0.2) is 77.6 Å². The van der Waals surface area contributed by atoms with E-state index in [9.17, 15) is 9.59 Å². The summed E-state index contributed by atoms with van der Waals surface area (Å²) in [6.07, 6.45) is 0. The smallest absolute Gasteiger partial charge is 0.266 e. The molecule has 8 nitrogen and oxygen atoms in total. The van der Waals surface area contributed by atoms with Crippen molar-refractivity contribution >= 4 is 28.4 Å². The minimum absolute atomic E-state index is 0.174. The number of likely N-dealkylation sites (N-methyl/N-ethyl adjacent to an activating group) is 1. The van der Waals surface area contributed by atoms with E-state index < -0.39 is 6.04 Å². The Kier molecular flexibility index (Phi) is 9.22. The standard InChI is InChI=1S/C30H33ClN4O4/c1-5-38-27-13-9-8-12-26(27)35-29(32-25-11-7-6-10-24(25)30(35)37)21(2)34(19-18-33(3)4)28(36)20-39-23-16-14-22(31)15-17-23/h6-17,21H,5,18-20H2,1-4H3. The van der Waals surface area contributed by atoms with E-state index in [0.717, 1.165) is 0 Å². The zero-order valence-corrected chi connectivity index (χ0v) is 23.4. The maximum atomic E-state index is 13.9. The van der Waals surface area contributed by atoms with Gasteiger partial charge in [0.25, 0.3) is 11.5 Å². The van der Waals surface area contributed by atoms with Gasteiger partial charge in [0, 0.05) is 18.1 Å². The summed E-state index contributed by atoms with van der Waals surface area (Å²) >= 11 is 5.98. The van der Waals surface area contributed by atoms with Gasteiger partial charge in [-0.3, -0.25) is 14.2 Å². The normalized spacial score (nSPS) is 11.9. The van der Waals surface area contributed by atoms with E-state index in [1.54, 1.807) is 45.9 Å². The van der Waals surface area contributed by atoms with Crippen LogP contribution in [-0.2, 0) is 4.79 Å². The molecule has 0 aliphatic rings. The number of hydrogen-bond donors (Lipinski definition) is 0. The molecular weight excluding hydrogens is 516 g/mol. The van der Waals surface area contributed by atoms with Gasteiger partial charge in [-0.15, -0.1) is 0 Å². The quantitative estimate of drug-likeness (QED) is 0.263. The lowest BCUT2D eigenvalue weighted by atomic mass is 10.1. The number of amides is 1. The highest BCUT2D eigenvalue weighted by Gasteiger charge is 2.28. The highest BCUT2D eigenvalue weighted by atomic mass is 35.5. The molecule has 0 aliphatic carbocycles. The molecule has 1 aromatic heterocycles. The summed E-state index contributed by atoms with van der Waals surface area (Å²) in [5.74, 6) is 1.31. The first kappa shape index (κ1) is 28.1. The van der Waals surface area contributed by atoms with Crippen LogP contribution in [0.5, 0.6) is 11.5 Å². The number of fused-ring (bicyclic) bond motifs is 1. The summed E-state index contributed by atoms with van der Waals surface area (Å²) in [5, 5.41) is 1.07. The fraction of sp³-hybridized carbons (Fsp3) is 0.300. The summed E-state index contributed by atoms with van der Waals surface area (Å²) < 4.78 is 13.2. The van der Waals surface area contributed by atoms with E-state index in [4.69, 9.17) is 26.1 Å². The molecule has 1 heterocycles. The Labute approximate surface area is 233 Å². The molecule has 0 N–H and O–H groups in total. The zero-order chi connectivity index (χ0) is 27.9. The van der Waals surface area contributed by atoms with Gasteiger partial charge in [-0.25, -0.2) is 4.98 Å². The SMILES string of the molecule is CCOc1ccccc1-n1c(C(C)N(CCN(C)C)C(=O)COc2ccc(Cl)cc2)nc2ccccc2c1=O. The molecule has 1 atom stereocenters. The maximum absolute atomic E-state index is 13.9. The molecule has 204 valence electrons. The first-order valence-electron chi connectivity index (χ1n) is 12.9. The van der Waals surface area contributed by atoms with Crippen LogP contribution in [0.3, 0.4) is 0 Å². The molecule has 1 amide bonds. The van der Waals surface area contributed by atoms with Crippen LogP contribution in [0.4, 0.5) is 0 Å². The van der Waals surface area contributed by atoms with Crippen molar-refractivity contribution in [1.82, 2.24) is 19.4 Å². The molecule has 0 spiro atoms. The van der Waals surface area contributed by atoms with Crippen molar-refractivity contribution in [2.45, 2.75) is 19.9 Å². The minimum atomic E-state index is -0.557. The van der Waals surface area contributed by atoms with Crippen LogP contribution in [0.2, 0.25) is 5.02 Å². The molecule has 39 heavy (non-hydrogen) atoms. The summed E-state index contributed by atoms with van der Waals surface area (Å²) in [7, 11) is 3.89. The van der Waals surface area contributed by atoms with E-state index in [-0.39, 0.29) is 18.1 Å². The molecule has 4 aromatic rings. The monoisotopic (exact) mass is 548 g/mol. The van der Waals surface area contributed by atoms with Crippen LogP contribution in [0.1, 0.15) is 25.7 Å². The third kappa shape index (κ3) is 6.58. The van der Waals surface area contributed by atoms with Crippen molar-refractivity contribution in [2.24, 2.45) is 0 Å². The van der Waals surface area contributed by atoms with Gasteiger partial charge in [0.05, 0.1) is 29.2 Å². The Balaban J connectivity index is 1.79. The molecule has 9 heteroatoms. The lowest BCUT2D eigenvalue weighted by Gasteiger charge is -2.31. The third-order valence-corrected chi connectivity index (χ3v) is 6.59. The lowest BCUT2D eigenvalue weighted by Crippen LogP contribution is -2.43. The number of carbonyl (C=O) groups excluding carboxylic acids is 1. The first-order chi connectivity index (χ1) is 18.8. The zero-order valence-electron chi connectivity index (χ0n) is 22.6. The topological polar surface area (TPSA) is 76.9 Å². The van der Waals surface area contributed by atoms with Gasteiger partial charge in [0.1, 0.15) is 17.3 Å². The molecule has 0 bridgehead atoms. The van der Waals surface area contributed by atoms with Crippen molar-refractivity contribution in [3.05, 3.63) is 94.0 Å². The first-order valence-corrected chi connectivity index (χ1v) is 13.2. The van der Waals surface area contributed by atoms with Crippen LogP contribution in [-0.4, -0.2) is 65.7 Å². The predicted octanol–water partition coefficient (Wildman–Crippen LogP) is 4.97. The summed E-state index contributed by atoms with van der Waals surface area (Å²) in [5.41, 5.74) is 0.904. The maximum Gasteiger partial charge on any atom is 0.266 e. The summed E-state index contributed by atoms with van der Waals surface area (Å²) in [6.45, 7) is 5.06. The largest absolute Gasteiger partial charge is 0.492 e. The molecule has 0 saturated carbocycles. The number of hydrogen-bond acceptors (Lipinski definition) is 6. The second-order valence-electron chi connectivity index (χ2n) is 9.34. The van der Waals surface area contributed by atoms with Gasteiger partial charge in [0.2, 0.25) is 0 Å². The number of halogens is 1. The number of benzene rings is 3. The summed E-state index contributed by atoms with van der Waals surface area (Å²) in [4.78, 5) is 36.1. The number of ether oxygens (including phenoxy) is 2.